The second kappa shape index (κ2) is 6.38. The van der Waals surface area contributed by atoms with Gasteiger partial charge in [-0.05, 0) is 35.4 Å². The summed E-state index contributed by atoms with van der Waals surface area (Å²) in [6.45, 7) is 0.362. The van der Waals surface area contributed by atoms with Crippen LogP contribution in [0.2, 0.25) is 0 Å². The number of anilines is 1. The Bertz CT molecular complexity index is 1050. The second-order valence-electron chi connectivity index (χ2n) is 5.99. The molecule has 0 bridgehead atoms. The Labute approximate surface area is 157 Å². The van der Waals surface area contributed by atoms with Crippen LogP contribution < -0.4 is 16.4 Å². The summed E-state index contributed by atoms with van der Waals surface area (Å²) in [6, 6.07) is 14.1. The molecule has 3 N–H and O–H groups in total. The van der Waals surface area contributed by atoms with E-state index in [-0.39, 0.29) is 5.88 Å². The van der Waals surface area contributed by atoms with Gasteiger partial charge < -0.3 is 10.4 Å². The van der Waals surface area contributed by atoms with Crippen LogP contribution in [0.1, 0.15) is 16.8 Å². The first-order valence-electron chi connectivity index (χ1n) is 7.96. The van der Waals surface area contributed by atoms with Crippen LogP contribution in [0.4, 0.5) is 10.5 Å². The zero-order valence-corrected chi connectivity index (χ0v) is 15.2. The van der Waals surface area contributed by atoms with Gasteiger partial charge in [-0.1, -0.05) is 40.2 Å². The predicted molar refractivity (Wildman–Crippen MR) is 101 cm³/mol. The highest BCUT2D eigenvalue weighted by molar-refractivity contribution is 9.10. The van der Waals surface area contributed by atoms with Crippen LogP contribution in [0.25, 0.3) is 0 Å². The monoisotopic (exact) mass is 414 g/mol. The zero-order chi connectivity index (χ0) is 18.3. The van der Waals surface area contributed by atoms with Crippen LogP contribution in [0.3, 0.4) is 0 Å². The topological polar surface area (TPSA) is 88.3 Å². The fourth-order valence-corrected chi connectivity index (χ4v) is 3.31. The van der Waals surface area contributed by atoms with Crippen molar-refractivity contribution in [2.75, 3.05) is 10.7 Å². The average Bonchev–Trinajstić information content (AvgIpc) is 2.86. The van der Waals surface area contributed by atoms with Crippen LogP contribution in [0.5, 0.6) is 5.88 Å². The van der Waals surface area contributed by atoms with Crippen molar-refractivity contribution in [3.63, 3.8) is 0 Å². The molecule has 0 saturated carbocycles. The predicted octanol–water partition coefficient (Wildman–Crippen LogP) is 2.85. The molecule has 8 heteroatoms. The number of benzene rings is 2. The summed E-state index contributed by atoms with van der Waals surface area (Å²) in [6.07, 6.45) is 0.431. The fourth-order valence-electron chi connectivity index (χ4n) is 3.04. The van der Waals surface area contributed by atoms with Crippen molar-refractivity contribution in [2.24, 2.45) is 0 Å². The molecular formula is C18H15BrN4O3. The van der Waals surface area contributed by atoms with E-state index < -0.39 is 11.7 Å². The third-order valence-electron chi connectivity index (χ3n) is 4.34. The molecule has 4 rings (SSSR count). The van der Waals surface area contributed by atoms with E-state index in [0.717, 1.165) is 20.3 Å². The molecule has 2 heterocycles. The van der Waals surface area contributed by atoms with Gasteiger partial charge >= 0.3 is 11.7 Å². The Kier molecular flexibility index (Phi) is 4.04. The number of carbonyl (C=O) groups excluding carboxylic acids is 1. The Balaban J connectivity index is 1.59. The van der Waals surface area contributed by atoms with E-state index in [0.29, 0.717) is 24.3 Å². The lowest BCUT2D eigenvalue weighted by molar-refractivity contribution is 0.258. The summed E-state index contributed by atoms with van der Waals surface area (Å²) in [5.74, 6) is -0.254. The Morgan fingerprint density at radius 1 is 1.08 bits per heavy atom. The maximum Gasteiger partial charge on any atom is 0.350 e. The summed E-state index contributed by atoms with van der Waals surface area (Å²) < 4.78 is 3.23. The smallest absolute Gasteiger partial charge is 0.350 e. The van der Waals surface area contributed by atoms with Gasteiger partial charge in [0.2, 0.25) is 5.88 Å². The highest BCUT2D eigenvalue weighted by atomic mass is 79.9. The summed E-state index contributed by atoms with van der Waals surface area (Å²) in [7, 11) is 0. The van der Waals surface area contributed by atoms with Crippen molar-refractivity contribution in [1.29, 1.82) is 0 Å². The number of rotatable bonds is 2. The summed E-state index contributed by atoms with van der Waals surface area (Å²) in [5.41, 5.74) is 5.04. The molecule has 1 aliphatic heterocycles. The van der Waals surface area contributed by atoms with Crippen LogP contribution in [0, 0.1) is 0 Å². The number of hydrogen-bond acceptors (Lipinski definition) is 3. The van der Waals surface area contributed by atoms with E-state index in [9.17, 15) is 14.7 Å². The summed E-state index contributed by atoms with van der Waals surface area (Å²) in [4.78, 5) is 24.8. The van der Waals surface area contributed by atoms with Crippen molar-refractivity contribution in [3.8, 4) is 5.88 Å². The number of nitrogens with zero attached hydrogens (tertiary/aromatic N) is 2. The lowest BCUT2D eigenvalue weighted by atomic mass is 9.99. The van der Waals surface area contributed by atoms with E-state index in [2.05, 4.69) is 26.7 Å². The number of hydrogen-bond donors (Lipinski definition) is 3. The van der Waals surface area contributed by atoms with Crippen molar-refractivity contribution < 1.29 is 9.90 Å². The number of nitrogens with one attached hydrogen (secondary N) is 2. The zero-order valence-electron chi connectivity index (χ0n) is 13.6. The van der Waals surface area contributed by atoms with Crippen LogP contribution in [-0.2, 0) is 13.0 Å². The number of imidazole rings is 1. The summed E-state index contributed by atoms with van der Waals surface area (Å²) >= 11 is 3.32. The molecule has 0 aliphatic carbocycles. The average molecular weight is 415 g/mol. The van der Waals surface area contributed by atoms with E-state index >= 15 is 0 Å². The van der Waals surface area contributed by atoms with Gasteiger partial charge in [-0.15, -0.1) is 0 Å². The molecule has 1 aliphatic rings. The van der Waals surface area contributed by atoms with Gasteiger partial charge in [-0.2, -0.15) is 4.68 Å². The highest BCUT2D eigenvalue weighted by Gasteiger charge is 2.25. The van der Waals surface area contributed by atoms with Crippen LogP contribution in [0.15, 0.2) is 57.8 Å². The minimum atomic E-state index is -0.620. The second-order valence-corrected chi connectivity index (χ2v) is 6.91. The first kappa shape index (κ1) is 16.5. The molecule has 0 unspecified atom stereocenters. The van der Waals surface area contributed by atoms with Gasteiger partial charge in [0.05, 0.1) is 12.2 Å². The Morgan fingerprint density at radius 2 is 1.77 bits per heavy atom. The van der Waals surface area contributed by atoms with Crippen molar-refractivity contribution in [3.05, 3.63) is 80.3 Å². The molecule has 0 atom stereocenters. The number of amides is 2. The first-order valence-corrected chi connectivity index (χ1v) is 8.76. The molecule has 0 radical (unpaired) electrons. The SMILES string of the molecule is O=C(Nc1ccc(Br)cc1)Nn1c(O)c2n(c1=O)Cc1ccccc1C2. The number of fused-ring (bicyclic) bond motifs is 2. The molecule has 0 spiro atoms. The highest BCUT2D eigenvalue weighted by Crippen LogP contribution is 2.26. The minimum absolute atomic E-state index is 0.254. The van der Waals surface area contributed by atoms with Crippen molar-refractivity contribution >= 4 is 27.6 Å². The van der Waals surface area contributed by atoms with E-state index in [1.165, 1.54) is 4.57 Å². The molecule has 3 aromatic rings. The lowest BCUT2D eigenvalue weighted by Gasteiger charge is -2.17. The number of halogens is 1. The Morgan fingerprint density at radius 3 is 2.50 bits per heavy atom. The molecule has 1 aromatic heterocycles. The third kappa shape index (κ3) is 2.88. The first-order chi connectivity index (χ1) is 12.5. The van der Waals surface area contributed by atoms with E-state index in [4.69, 9.17) is 0 Å². The van der Waals surface area contributed by atoms with Gasteiger partial charge in [0, 0.05) is 16.6 Å². The van der Waals surface area contributed by atoms with Crippen LogP contribution in [-0.4, -0.2) is 20.4 Å². The molecular weight excluding hydrogens is 400 g/mol. The van der Waals surface area contributed by atoms with Crippen molar-refractivity contribution in [1.82, 2.24) is 9.24 Å². The molecule has 7 nitrogen and oxygen atoms in total. The number of urea groups is 1. The molecule has 2 aromatic carbocycles. The normalized spacial score (nSPS) is 12.2. The van der Waals surface area contributed by atoms with Crippen LogP contribution >= 0.6 is 15.9 Å². The maximum atomic E-state index is 12.6. The van der Waals surface area contributed by atoms with Gasteiger partial charge in [-0.3, -0.25) is 4.57 Å². The minimum Gasteiger partial charge on any atom is -0.492 e. The summed E-state index contributed by atoms with van der Waals surface area (Å²) in [5, 5.41) is 13.0. The van der Waals surface area contributed by atoms with E-state index in [1.54, 1.807) is 24.3 Å². The number of carbonyl (C=O) groups is 1. The van der Waals surface area contributed by atoms with Crippen molar-refractivity contribution in [2.45, 2.75) is 13.0 Å². The third-order valence-corrected chi connectivity index (χ3v) is 4.87. The lowest BCUT2D eigenvalue weighted by Crippen LogP contribution is -2.36. The standard InChI is InChI=1S/C18H15BrN4O3/c19-13-5-7-14(8-6-13)20-17(25)21-23-16(24)15-9-11-3-1-2-4-12(11)10-22(15)18(23)26/h1-8,24H,9-10H2,(H2,20,21,25). The van der Waals surface area contributed by atoms with Gasteiger partial charge in [0.1, 0.15) is 0 Å². The molecule has 132 valence electrons. The quantitative estimate of drug-likeness (QED) is 0.471. The molecule has 26 heavy (non-hydrogen) atoms. The molecule has 0 saturated heterocycles. The van der Waals surface area contributed by atoms with E-state index in [1.807, 2.05) is 24.3 Å². The number of aromatic nitrogens is 2. The van der Waals surface area contributed by atoms with Gasteiger partial charge in [0.15, 0.2) is 0 Å². The maximum absolute atomic E-state index is 12.6. The Hall–Kier alpha value is -3.00. The largest absolute Gasteiger partial charge is 0.492 e. The molecule has 2 amide bonds. The van der Waals surface area contributed by atoms with Gasteiger partial charge in [0.25, 0.3) is 0 Å². The molecule has 0 fully saturated rings. The van der Waals surface area contributed by atoms with Gasteiger partial charge in [-0.25, -0.2) is 15.0 Å². The number of aromatic hydroxyl groups is 1. The fraction of sp³-hybridized carbons (Fsp3) is 0.111.